The lowest BCUT2D eigenvalue weighted by atomic mass is 9.86. The Balaban J connectivity index is 1.38. The van der Waals surface area contributed by atoms with Gasteiger partial charge in [0.25, 0.3) is 0 Å². The Hall–Kier alpha value is -4.10. The monoisotopic (exact) mass is 544 g/mol. The number of piperidine rings is 1. The van der Waals surface area contributed by atoms with Crippen molar-refractivity contribution in [2.75, 3.05) is 37.0 Å². The number of guanidine groups is 1. The number of aromatic nitrogens is 2. The molecule has 0 amide bonds. The number of nitrogens with one attached hydrogen (secondary N) is 1. The highest BCUT2D eigenvalue weighted by molar-refractivity contribution is 5.75. The van der Waals surface area contributed by atoms with Crippen LogP contribution in [0.4, 0.5) is 15.9 Å². The summed E-state index contributed by atoms with van der Waals surface area (Å²) in [5, 5.41) is 17.5. The number of anilines is 2. The second-order valence-electron chi connectivity index (χ2n) is 10.7. The number of aliphatic imine (C=N–C) groups is 1. The van der Waals surface area contributed by atoms with Gasteiger partial charge in [0.2, 0.25) is 0 Å². The molecule has 2 aromatic carbocycles. The molecule has 0 bridgehead atoms. The lowest BCUT2D eigenvalue weighted by Gasteiger charge is -2.33. The Morgan fingerprint density at radius 1 is 1.10 bits per heavy atom. The van der Waals surface area contributed by atoms with Crippen molar-refractivity contribution in [2.24, 2.45) is 22.4 Å². The number of benzene rings is 2. The molecule has 1 saturated carbocycles. The van der Waals surface area contributed by atoms with Gasteiger partial charge in [0, 0.05) is 44.1 Å². The standard InChI is InChI=1S/C30H37FN8O/c1-40-26-11-13-38(14-12-26)24-7-9-25(10-8-24)39-28(21-5-6-22(18-32)27(31)16-21)17-29(37-39)35-19-20-3-2-4-23(15-20)36-30(33)34/h5-10,16-17,20,23,26H,2-4,11-15,19H2,1H3,(H,35,37)(H4,33,34,36)/t20-,23-/m0/s1. The number of hydrogen-bond acceptors (Lipinski definition) is 6. The van der Waals surface area contributed by atoms with Crippen molar-refractivity contribution in [1.29, 1.82) is 5.26 Å². The van der Waals surface area contributed by atoms with E-state index in [1.807, 2.05) is 29.0 Å². The molecule has 2 aliphatic rings. The van der Waals surface area contributed by atoms with Crippen LogP contribution >= 0.6 is 0 Å². The fourth-order valence-electron chi connectivity index (χ4n) is 5.81. The van der Waals surface area contributed by atoms with E-state index >= 15 is 0 Å². The smallest absolute Gasteiger partial charge is 0.186 e. The van der Waals surface area contributed by atoms with E-state index in [0.717, 1.165) is 75.2 Å². The molecule has 1 saturated heterocycles. The molecule has 2 fully saturated rings. The van der Waals surface area contributed by atoms with Crippen LogP contribution < -0.4 is 21.7 Å². The van der Waals surface area contributed by atoms with Crippen molar-refractivity contribution >= 4 is 17.5 Å². The predicted molar refractivity (Wildman–Crippen MR) is 156 cm³/mol. The van der Waals surface area contributed by atoms with E-state index < -0.39 is 5.82 Å². The Morgan fingerprint density at radius 3 is 2.52 bits per heavy atom. The molecule has 2 heterocycles. The highest BCUT2D eigenvalue weighted by atomic mass is 19.1. The van der Waals surface area contributed by atoms with Crippen LogP contribution in [-0.2, 0) is 4.74 Å². The molecule has 10 heteroatoms. The molecule has 5 rings (SSSR count). The summed E-state index contributed by atoms with van der Waals surface area (Å²) in [7, 11) is 1.78. The van der Waals surface area contributed by atoms with Crippen LogP contribution in [0.15, 0.2) is 53.5 Å². The third kappa shape index (κ3) is 6.37. The largest absolute Gasteiger partial charge is 0.381 e. The minimum absolute atomic E-state index is 0.0161. The lowest BCUT2D eigenvalue weighted by molar-refractivity contribution is 0.0819. The van der Waals surface area contributed by atoms with Crippen LogP contribution in [0.2, 0.25) is 0 Å². The van der Waals surface area contributed by atoms with E-state index in [0.29, 0.717) is 23.4 Å². The maximum atomic E-state index is 14.6. The fourth-order valence-corrected chi connectivity index (χ4v) is 5.81. The lowest BCUT2D eigenvalue weighted by Crippen LogP contribution is -2.36. The van der Waals surface area contributed by atoms with Gasteiger partial charge in [-0.25, -0.2) is 9.07 Å². The minimum Gasteiger partial charge on any atom is -0.381 e. The average molecular weight is 545 g/mol. The molecular weight excluding hydrogens is 507 g/mol. The number of methoxy groups -OCH3 is 1. The van der Waals surface area contributed by atoms with Gasteiger partial charge in [0.05, 0.1) is 29.1 Å². The van der Waals surface area contributed by atoms with Crippen LogP contribution in [0.3, 0.4) is 0 Å². The first kappa shape index (κ1) is 27.5. The summed E-state index contributed by atoms with van der Waals surface area (Å²) in [6.07, 6.45) is 6.43. The molecule has 2 atom stereocenters. The van der Waals surface area contributed by atoms with E-state index in [2.05, 4.69) is 27.3 Å². The van der Waals surface area contributed by atoms with Gasteiger partial charge in [-0.2, -0.15) is 5.26 Å². The molecule has 1 aliphatic heterocycles. The van der Waals surface area contributed by atoms with Crippen molar-refractivity contribution < 1.29 is 9.13 Å². The topological polar surface area (TPSA) is 131 Å². The first-order valence-corrected chi connectivity index (χ1v) is 13.9. The molecule has 3 aromatic rings. The molecule has 40 heavy (non-hydrogen) atoms. The van der Waals surface area contributed by atoms with Crippen LogP contribution in [0.1, 0.15) is 44.1 Å². The quantitative estimate of drug-likeness (QED) is 0.283. The molecule has 5 N–H and O–H groups in total. The Labute approximate surface area is 234 Å². The summed E-state index contributed by atoms with van der Waals surface area (Å²) in [5.41, 5.74) is 14.6. The molecule has 0 spiro atoms. The number of nitrogens with zero attached hydrogens (tertiary/aromatic N) is 5. The predicted octanol–water partition coefficient (Wildman–Crippen LogP) is 4.41. The number of nitriles is 1. The highest BCUT2D eigenvalue weighted by Gasteiger charge is 2.23. The first-order valence-electron chi connectivity index (χ1n) is 13.9. The normalized spacial score (nSPS) is 19.7. The maximum absolute atomic E-state index is 14.6. The van der Waals surface area contributed by atoms with Crippen LogP contribution in [-0.4, -0.2) is 54.6 Å². The number of halogens is 1. The molecule has 1 aromatic heterocycles. The average Bonchev–Trinajstić information content (AvgIpc) is 3.40. The molecule has 0 unspecified atom stereocenters. The summed E-state index contributed by atoms with van der Waals surface area (Å²) < 4.78 is 21.9. The van der Waals surface area contributed by atoms with E-state index in [1.54, 1.807) is 13.2 Å². The van der Waals surface area contributed by atoms with E-state index in [-0.39, 0.29) is 17.6 Å². The summed E-state index contributed by atoms with van der Waals surface area (Å²) in [6, 6.07) is 16.9. The molecule has 210 valence electrons. The van der Waals surface area contributed by atoms with Gasteiger partial charge < -0.3 is 26.4 Å². The Morgan fingerprint density at radius 2 is 1.85 bits per heavy atom. The van der Waals surface area contributed by atoms with Gasteiger partial charge in [0.15, 0.2) is 5.96 Å². The van der Waals surface area contributed by atoms with Gasteiger partial charge >= 0.3 is 0 Å². The van der Waals surface area contributed by atoms with Gasteiger partial charge in [-0.15, -0.1) is 5.10 Å². The van der Waals surface area contributed by atoms with Gasteiger partial charge in [-0.1, -0.05) is 12.5 Å². The van der Waals surface area contributed by atoms with Crippen molar-refractivity contribution in [3.8, 4) is 23.0 Å². The SMILES string of the molecule is COC1CCN(c2ccc(-n3nc(NC[C@H]4CCC[C@H](N=C(N)N)C4)cc3-c3ccc(C#N)c(F)c3)cc2)CC1. The van der Waals surface area contributed by atoms with Crippen molar-refractivity contribution in [1.82, 2.24) is 9.78 Å². The molecule has 1 aliphatic carbocycles. The van der Waals surface area contributed by atoms with Crippen molar-refractivity contribution in [3.63, 3.8) is 0 Å². The second-order valence-corrected chi connectivity index (χ2v) is 10.7. The van der Waals surface area contributed by atoms with Crippen molar-refractivity contribution in [2.45, 2.75) is 50.7 Å². The van der Waals surface area contributed by atoms with Crippen LogP contribution in [0.25, 0.3) is 16.9 Å². The van der Waals surface area contributed by atoms with E-state index in [4.69, 9.17) is 21.3 Å². The molecular formula is C30H37FN8O. The maximum Gasteiger partial charge on any atom is 0.186 e. The summed E-state index contributed by atoms with van der Waals surface area (Å²) in [4.78, 5) is 6.73. The summed E-state index contributed by atoms with van der Waals surface area (Å²) >= 11 is 0. The van der Waals surface area contributed by atoms with Crippen LogP contribution in [0.5, 0.6) is 0 Å². The number of hydrogen-bond donors (Lipinski definition) is 3. The van der Waals surface area contributed by atoms with Crippen LogP contribution in [0, 0.1) is 23.1 Å². The summed E-state index contributed by atoms with van der Waals surface area (Å²) in [5.74, 6) is 0.714. The van der Waals surface area contributed by atoms with Gasteiger partial charge in [-0.3, -0.25) is 4.99 Å². The highest BCUT2D eigenvalue weighted by Crippen LogP contribution is 2.31. The number of ether oxygens (including phenoxy) is 1. The minimum atomic E-state index is -0.551. The number of nitrogens with two attached hydrogens (primary N) is 2. The Bertz CT molecular complexity index is 1370. The molecule has 0 radical (unpaired) electrons. The Kier molecular flexibility index (Phi) is 8.51. The third-order valence-electron chi connectivity index (χ3n) is 7.99. The zero-order valence-electron chi connectivity index (χ0n) is 22.9. The fraction of sp³-hybridized carbons (Fsp3) is 0.433. The number of rotatable bonds is 8. The van der Waals surface area contributed by atoms with E-state index in [9.17, 15) is 9.65 Å². The van der Waals surface area contributed by atoms with Crippen molar-refractivity contribution in [3.05, 3.63) is 59.9 Å². The van der Waals surface area contributed by atoms with Gasteiger partial charge in [-0.05, 0) is 74.4 Å². The zero-order valence-corrected chi connectivity index (χ0v) is 22.9. The zero-order chi connectivity index (χ0) is 28.1. The van der Waals surface area contributed by atoms with Gasteiger partial charge in [0.1, 0.15) is 17.7 Å². The first-order chi connectivity index (χ1) is 19.4. The van der Waals surface area contributed by atoms with E-state index in [1.165, 1.54) is 12.1 Å². The second kappa shape index (κ2) is 12.4. The third-order valence-corrected chi connectivity index (χ3v) is 7.99. The summed E-state index contributed by atoms with van der Waals surface area (Å²) in [6.45, 7) is 2.65. The molecule has 9 nitrogen and oxygen atoms in total.